The van der Waals surface area contributed by atoms with Gasteiger partial charge in [0.2, 0.25) is 5.91 Å². The average Bonchev–Trinajstić information content (AvgIpc) is 2.90. The van der Waals surface area contributed by atoms with E-state index >= 15 is 0 Å². The molecule has 1 unspecified atom stereocenters. The van der Waals surface area contributed by atoms with Gasteiger partial charge in [0.25, 0.3) is 0 Å². The SMILES string of the molecule is CN(C(=O)/C=C/c1ccc(OCC#N)cc1)C1CCS(=O)(=O)C1. The van der Waals surface area contributed by atoms with Crippen molar-refractivity contribution in [3.8, 4) is 11.8 Å². The predicted octanol–water partition coefficient (Wildman–Crippen LogP) is 1.25. The minimum atomic E-state index is -3.01. The van der Waals surface area contributed by atoms with Crippen LogP contribution in [0.1, 0.15) is 12.0 Å². The fourth-order valence-electron chi connectivity index (χ4n) is 2.34. The van der Waals surface area contributed by atoms with Crippen molar-refractivity contribution in [1.82, 2.24) is 4.90 Å². The first-order valence-electron chi connectivity index (χ1n) is 7.16. The third kappa shape index (κ3) is 4.83. The molecule has 1 aliphatic heterocycles. The molecule has 0 radical (unpaired) electrons. The number of benzene rings is 1. The van der Waals surface area contributed by atoms with E-state index in [-0.39, 0.29) is 30.1 Å². The Morgan fingerprint density at radius 3 is 2.70 bits per heavy atom. The summed E-state index contributed by atoms with van der Waals surface area (Å²) in [6.45, 7) is -0.0111. The van der Waals surface area contributed by atoms with Crippen molar-refractivity contribution in [2.24, 2.45) is 0 Å². The van der Waals surface area contributed by atoms with Gasteiger partial charge in [0.1, 0.15) is 11.8 Å². The minimum absolute atomic E-state index is 0.0111. The molecule has 0 bridgehead atoms. The highest BCUT2D eigenvalue weighted by molar-refractivity contribution is 7.91. The number of nitrogens with zero attached hydrogens (tertiary/aromatic N) is 2. The highest BCUT2D eigenvalue weighted by atomic mass is 32.2. The van der Waals surface area contributed by atoms with Gasteiger partial charge in [0.15, 0.2) is 16.4 Å². The fraction of sp³-hybridized carbons (Fsp3) is 0.375. The lowest BCUT2D eigenvalue weighted by Crippen LogP contribution is -2.36. The number of carbonyl (C=O) groups is 1. The molecular weight excluding hydrogens is 316 g/mol. The van der Waals surface area contributed by atoms with E-state index in [9.17, 15) is 13.2 Å². The molecule has 122 valence electrons. The highest BCUT2D eigenvalue weighted by Gasteiger charge is 2.31. The maximum atomic E-state index is 12.1. The largest absolute Gasteiger partial charge is 0.479 e. The number of rotatable bonds is 5. The van der Waals surface area contributed by atoms with Gasteiger partial charge in [-0.15, -0.1) is 0 Å². The Labute approximate surface area is 135 Å². The van der Waals surface area contributed by atoms with Crippen LogP contribution in [0.2, 0.25) is 0 Å². The van der Waals surface area contributed by atoms with E-state index in [0.717, 1.165) is 5.56 Å². The number of hydrogen-bond donors (Lipinski definition) is 0. The van der Waals surface area contributed by atoms with Gasteiger partial charge < -0.3 is 9.64 Å². The van der Waals surface area contributed by atoms with Crippen molar-refractivity contribution in [1.29, 1.82) is 5.26 Å². The van der Waals surface area contributed by atoms with E-state index < -0.39 is 9.84 Å². The normalized spacial score (nSPS) is 19.4. The Kier molecular flexibility index (Phi) is 5.40. The molecule has 1 aromatic carbocycles. The van der Waals surface area contributed by atoms with Gasteiger partial charge in [0, 0.05) is 19.2 Å². The van der Waals surface area contributed by atoms with Crippen molar-refractivity contribution in [2.75, 3.05) is 25.2 Å². The zero-order chi connectivity index (χ0) is 16.9. The number of likely N-dealkylation sites (N-methyl/N-ethyl adjacent to an activating group) is 1. The molecule has 7 heteroatoms. The van der Waals surface area contributed by atoms with Crippen LogP contribution >= 0.6 is 0 Å². The molecule has 1 aliphatic rings. The Hall–Kier alpha value is -2.33. The molecule has 0 saturated carbocycles. The van der Waals surface area contributed by atoms with Crippen LogP contribution in [-0.4, -0.2) is 50.4 Å². The molecule has 23 heavy (non-hydrogen) atoms. The van der Waals surface area contributed by atoms with Crippen molar-refractivity contribution >= 4 is 21.8 Å². The Balaban J connectivity index is 1.94. The summed E-state index contributed by atoms with van der Waals surface area (Å²) in [5, 5.41) is 8.44. The van der Waals surface area contributed by atoms with Crippen LogP contribution in [0.4, 0.5) is 0 Å². The predicted molar refractivity (Wildman–Crippen MR) is 86.4 cm³/mol. The van der Waals surface area contributed by atoms with Gasteiger partial charge in [-0.05, 0) is 30.2 Å². The van der Waals surface area contributed by atoms with Crippen LogP contribution in [0.5, 0.6) is 5.75 Å². The first-order chi connectivity index (χ1) is 10.9. The summed E-state index contributed by atoms with van der Waals surface area (Å²) in [4.78, 5) is 13.6. The fourth-order valence-corrected chi connectivity index (χ4v) is 4.11. The molecule has 0 spiro atoms. The Morgan fingerprint density at radius 1 is 1.43 bits per heavy atom. The smallest absolute Gasteiger partial charge is 0.246 e. The standard InChI is InChI=1S/C16H18N2O4S/c1-18(14-8-11-23(20,21)12-14)16(19)7-4-13-2-5-15(6-3-13)22-10-9-17/h2-7,14H,8,10-12H2,1H3/b7-4+. The van der Waals surface area contributed by atoms with Crippen molar-refractivity contribution in [3.05, 3.63) is 35.9 Å². The lowest BCUT2D eigenvalue weighted by atomic mass is 10.2. The molecular formula is C16H18N2O4S. The molecule has 0 aliphatic carbocycles. The molecule has 1 amide bonds. The molecule has 2 rings (SSSR count). The zero-order valence-electron chi connectivity index (χ0n) is 12.8. The van der Waals surface area contributed by atoms with E-state index in [2.05, 4.69) is 0 Å². The molecule has 0 aromatic heterocycles. The van der Waals surface area contributed by atoms with Crippen LogP contribution in [-0.2, 0) is 14.6 Å². The lowest BCUT2D eigenvalue weighted by Gasteiger charge is -2.21. The van der Waals surface area contributed by atoms with Crippen LogP contribution in [0.25, 0.3) is 6.08 Å². The maximum Gasteiger partial charge on any atom is 0.246 e. The Bertz CT molecular complexity index is 732. The Morgan fingerprint density at radius 2 is 2.13 bits per heavy atom. The van der Waals surface area contributed by atoms with E-state index in [1.54, 1.807) is 37.4 Å². The molecule has 1 atom stereocenters. The highest BCUT2D eigenvalue weighted by Crippen LogP contribution is 2.17. The third-order valence-corrected chi connectivity index (χ3v) is 5.46. The van der Waals surface area contributed by atoms with Crippen molar-refractivity contribution in [2.45, 2.75) is 12.5 Å². The van der Waals surface area contributed by atoms with Gasteiger partial charge >= 0.3 is 0 Å². The van der Waals surface area contributed by atoms with Crippen LogP contribution in [0, 0.1) is 11.3 Å². The zero-order valence-corrected chi connectivity index (χ0v) is 13.6. The van der Waals surface area contributed by atoms with Gasteiger partial charge in [0.05, 0.1) is 11.5 Å². The molecule has 0 N–H and O–H groups in total. The second kappa shape index (κ2) is 7.29. The van der Waals surface area contributed by atoms with Crippen LogP contribution in [0.15, 0.2) is 30.3 Å². The van der Waals surface area contributed by atoms with Crippen molar-refractivity contribution in [3.63, 3.8) is 0 Å². The summed E-state index contributed by atoms with van der Waals surface area (Å²) in [6.07, 6.45) is 3.58. The van der Waals surface area contributed by atoms with Crippen LogP contribution in [0.3, 0.4) is 0 Å². The summed E-state index contributed by atoms with van der Waals surface area (Å²) in [6, 6.07) is 8.62. The summed E-state index contributed by atoms with van der Waals surface area (Å²) in [5.41, 5.74) is 0.815. The van der Waals surface area contributed by atoms with Crippen molar-refractivity contribution < 1.29 is 17.9 Å². The first kappa shape index (κ1) is 17.0. The summed E-state index contributed by atoms with van der Waals surface area (Å²) in [5.74, 6) is 0.539. The number of ether oxygens (including phenoxy) is 1. The number of sulfone groups is 1. The molecule has 1 saturated heterocycles. The minimum Gasteiger partial charge on any atom is -0.479 e. The lowest BCUT2D eigenvalue weighted by molar-refractivity contribution is -0.126. The van der Waals surface area contributed by atoms with Gasteiger partial charge in [-0.25, -0.2) is 8.42 Å². The average molecular weight is 334 g/mol. The second-order valence-electron chi connectivity index (χ2n) is 5.36. The van der Waals surface area contributed by atoms with Gasteiger partial charge in [-0.2, -0.15) is 5.26 Å². The van der Waals surface area contributed by atoms with Gasteiger partial charge in [-0.1, -0.05) is 12.1 Å². The summed E-state index contributed by atoms with van der Waals surface area (Å²) >= 11 is 0. The summed E-state index contributed by atoms with van der Waals surface area (Å²) in [7, 11) is -1.39. The summed E-state index contributed by atoms with van der Waals surface area (Å²) < 4.78 is 28.1. The van der Waals surface area contributed by atoms with Crippen LogP contribution < -0.4 is 4.74 Å². The van der Waals surface area contributed by atoms with E-state index in [0.29, 0.717) is 12.2 Å². The quantitative estimate of drug-likeness (QED) is 0.756. The maximum absolute atomic E-state index is 12.1. The van der Waals surface area contributed by atoms with E-state index in [1.807, 2.05) is 6.07 Å². The van der Waals surface area contributed by atoms with E-state index in [4.69, 9.17) is 10.00 Å². The molecule has 6 nitrogen and oxygen atoms in total. The molecule has 1 aromatic rings. The number of carbonyl (C=O) groups excluding carboxylic acids is 1. The molecule has 1 heterocycles. The topological polar surface area (TPSA) is 87.5 Å². The second-order valence-corrected chi connectivity index (χ2v) is 7.58. The monoisotopic (exact) mass is 334 g/mol. The van der Waals surface area contributed by atoms with E-state index in [1.165, 1.54) is 11.0 Å². The molecule has 1 fully saturated rings. The first-order valence-corrected chi connectivity index (χ1v) is 8.98. The van der Waals surface area contributed by atoms with Gasteiger partial charge in [-0.3, -0.25) is 4.79 Å². The number of amides is 1. The number of hydrogen-bond acceptors (Lipinski definition) is 5. The third-order valence-electron chi connectivity index (χ3n) is 3.71. The number of nitriles is 1.